The van der Waals surface area contributed by atoms with Crippen LogP contribution in [0.4, 0.5) is 11.5 Å². The molecule has 4 rings (SSSR count). The second-order valence-corrected chi connectivity index (χ2v) is 7.44. The van der Waals surface area contributed by atoms with Gasteiger partial charge in [0.2, 0.25) is 0 Å². The molecule has 156 valence electrons. The number of aromatic nitrogens is 2. The Morgan fingerprint density at radius 3 is 2.61 bits per heavy atom. The lowest BCUT2D eigenvalue weighted by Crippen LogP contribution is -2.18. The molecule has 0 aliphatic carbocycles. The molecule has 1 unspecified atom stereocenters. The summed E-state index contributed by atoms with van der Waals surface area (Å²) in [7, 11) is 0. The van der Waals surface area contributed by atoms with Crippen molar-refractivity contribution in [3.63, 3.8) is 0 Å². The van der Waals surface area contributed by atoms with Crippen molar-refractivity contribution in [2.24, 2.45) is 0 Å². The van der Waals surface area contributed by atoms with Gasteiger partial charge in [-0.2, -0.15) is 0 Å². The Balaban J connectivity index is 1.62. The molecule has 0 aliphatic rings. The Hall–Kier alpha value is -4.00. The van der Waals surface area contributed by atoms with Gasteiger partial charge in [0.05, 0.1) is 30.7 Å². The minimum absolute atomic E-state index is 0.0287. The van der Waals surface area contributed by atoms with E-state index < -0.39 is 0 Å². The van der Waals surface area contributed by atoms with Crippen LogP contribution in [0.1, 0.15) is 29.9 Å². The standard InChI is InChI=1S/C24H24N6O/c1-15-12-31-23-8-7-19(10-21(15)23)22-11-24(29-17(3)28-22)27-16(2)18-5-4-6-20(9-18)30(13-25)14-26/h4-14,16,25-26H,1-3H3,(H,27,28,29). The summed E-state index contributed by atoms with van der Waals surface area (Å²) < 4.78 is 5.55. The van der Waals surface area contributed by atoms with Gasteiger partial charge in [-0.15, -0.1) is 0 Å². The summed E-state index contributed by atoms with van der Waals surface area (Å²) in [4.78, 5) is 10.6. The monoisotopic (exact) mass is 412 g/mol. The Bertz CT molecular complexity index is 1250. The molecule has 31 heavy (non-hydrogen) atoms. The van der Waals surface area contributed by atoms with Crippen LogP contribution >= 0.6 is 0 Å². The van der Waals surface area contributed by atoms with E-state index in [0.29, 0.717) is 5.82 Å². The Kier molecular flexibility index (Phi) is 5.49. The molecule has 0 amide bonds. The molecule has 0 aliphatic heterocycles. The van der Waals surface area contributed by atoms with E-state index in [4.69, 9.17) is 15.2 Å². The van der Waals surface area contributed by atoms with Crippen molar-refractivity contribution >= 4 is 35.2 Å². The first-order chi connectivity index (χ1) is 15.0. The van der Waals surface area contributed by atoms with Crippen molar-refractivity contribution < 1.29 is 4.42 Å². The first-order valence-electron chi connectivity index (χ1n) is 9.98. The third-order valence-electron chi connectivity index (χ3n) is 5.21. The molecule has 0 radical (unpaired) electrons. The molecule has 1 atom stereocenters. The van der Waals surface area contributed by atoms with Gasteiger partial charge in [-0.1, -0.05) is 12.1 Å². The predicted octanol–water partition coefficient (Wildman–Crippen LogP) is 5.70. The van der Waals surface area contributed by atoms with E-state index in [0.717, 1.165) is 57.5 Å². The number of anilines is 2. The molecule has 0 bridgehead atoms. The molecule has 7 heteroatoms. The highest BCUT2D eigenvalue weighted by molar-refractivity contribution is 5.97. The van der Waals surface area contributed by atoms with Crippen molar-refractivity contribution in [3.8, 4) is 11.3 Å². The fourth-order valence-electron chi connectivity index (χ4n) is 3.55. The fraction of sp³-hybridized carbons (Fsp3) is 0.167. The summed E-state index contributed by atoms with van der Waals surface area (Å²) in [6.45, 7) is 5.96. The molecule has 0 saturated heterocycles. The highest BCUT2D eigenvalue weighted by atomic mass is 16.3. The van der Waals surface area contributed by atoms with Crippen molar-refractivity contribution in [1.29, 1.82) is 10.8 Å². The van der Waals surface area contributed by atoms with E-state index in [9.17, 15) is 0 Å². The van der Waals surface area contributed by atoms with Gasteiger partial charge in [0, 0.05) is 22.7 Å². The molecule has 2 aromatic carbocycles. The van der Waals surface area contributed by atoms with Crippen LogP contribution in [-0.2, 0) is 0 Å². The SMILES string of the molecule is Cc1nc(NC(C)c2cccc(N(C=N)C=N)c2)cc(-c2ccc3occ(C)c3c2)n1. The molecular weight excluding hydrogens is 388 g/mol. The van der Waals surface area contributed by atoms with Crippen LogP contribution in [0.2, 0.25) is 0 Å². The van der Waals surface area contributed by atoms with Crippen LogP contribution in [-0.4, -0.2) is 22.6 Å². The van der Waals surface area contributed by atoms with E-state index in [2.05, 4.69) is 28.3 Å². The summed E-state index contributed by atoms with van der Waals surface area (Å²) in [5.41, 5.74) is 5.60. The third-order valence-corrected chi connectivity index (χ3v) is 5.21. The summed E-state index contributed by atoms with van der Waals surface area (Å²) in [6.07, 6.45) is 3.99. The normalized spacial score (nSPS) is 11.8. The highest BCUT2D eigenvalue weighted by Crippen LogP contribution is 2.29. The van der Waals surface area contributed by atoms with Gasteiger partial charge in [0.25, 0.3) is 0 Å². The number of fused-ring (bicyclic) bond motifs is 1. The zero-order valence-electron chi connectivity index (χ0n) is 17.7. The minimum atomic E-state index is -0.0287. The topological polar surface area (TPSA) is 102 Å². The number of hydrogen-bond acceptors (Lipinski definition) is 6. The van der Waals surface area contributed by atoms with Crippen LogP contribution < -0.4 is 10.2 Å². The van der Waals surface area contributed by atoms with Gasteiger partial charge in [-0.25, -0.2) is 9.97 Å². The molecule has 0 spiro atoms. The van der Waals surface area contributed by atoms with Gasteiger partial charge in [0.15, 0.2) is 0 Å². The summed E-state index contributed by atoms with van der Waals surface area (Å²) in [6, 6.07) is 15.7. The number of benzene rings is 2. The average Bonchev–Trinajstić information content (AvgIpc) is 3.14. The maximum atomic E-state index is 7.45. The molecule has 0 saturated carbocycles. The lowest BCUT2D eigenvalue weighted by molar-refractivity contribution is 0.613. The zero-order chi connectivity index (χ0) is 22.0. The second kappa shape index (κ2) is 8.39. The van der Waals surface area contributed by atoms with Crippen molar-refractivity contribution in [3.05, 3.63) is 71.7 Å². The number of rotatable bonds is 7. The van der Waals surface area contributed by atoms with Crippen molar-refractivity contribution in [2.45, 2.75) is 26.8 Å². The van der Waals surface area contributed by atoms with E-state index in [1.165, 1.54) is 4.90 Å². The average molecular weight is 412 g/mol. The van der Waals surface area contributed by atoms with Gasteiger partial charge in [0.1, 0.15) is 17.2 Å². The maximum absolute atomic E-state index is 7.45. The molecule has 2 heterocycles. The van der Waals surface area contributed by atoms with E-state index in [1.807, 2.05) is 56.3 Å². The first-order valence-corrected chi connectivity index (χ1v) is 9.98. The minimum Gasteiger partial charge on any atom is -0.464 e. The fourth-order valence-corrected chi connectivity index (χ4v) is 3.55. The summed E-state index contributed by atoms with van der Waals surface area (Å²) in [5, 5.41) is 19.4. The van der Waals surface area contributed by atoms with Crippen LogP contribution in [0.25, 0.3) is 22.2 Å². The van der Waals surface area contributed by atoms with E-state index in [-0.39, 0.29) is 6.04 Å². The lowest BCUT2D eigenvalue weighted by Gasteiger charge is -2.19. The largest absolute Gasteiger partial charge is 0.464 e. The number of furan rings is 1. The smallest absolute Gasteiger partial charge is 0.134 e. The maximum Gasteiger partial charge on any atom is 0.134 e. The predicted molar refractivity (Wildman–Crippen MR) is 125 cm³/mol. The van der Waals surface area contributed by atoms with Crippen LogP contribution in [0, 0.1) is 24.7 Å². The van der Waals surface area contributed by atoms with Gasteiger partial charge in [-0.3, -0.25) is 15.7 Å². The van der Waals surface area contributed by atoms with Crippen LogP contribution in [0.3, 0.4) is 0 Å². The van der Waals surface area contributed by atoms with Crippen molar-refractivity contribution in [1.82, 2.24) is 9.97 Å². The summed E-state index contributed by atoms with van der Waals surface area (Å²) >= 11 is 0. The molecule has 7 nitrogen and oxygen atoms in total. The number of aryl methyl sites for hydroxylation is 2. The first kappa shape index (κ1) is 20.3. The molecule has 2 aromatic heterocycles. The van der Waals surface area contributed by atoms with Crippen LogP contribution in [0.15, 0.2) is 59.2 Å². The Morgan fingerprint density at radius 2 is 1.84 bits per heavy atom. The molecule has 0 fully saturated rings. The van der Waals surface area contributed by atoms with Gasteiger partial charge < -0.3 is 9.73 Å². The molecule has 3 N–H and O–H groups in total. The number of hydrogen-bond donors (Lipinski definition) is 3. The zero-order valence-corrected chi connectivity index (χ0v) is 17.7. The second-order valence-electron chi connectivity index (χ2n) is 7.44. The quantitative estimate of drug-likeness (QED) is 0.267. The van der Waals surface area contributed by atoms with E-state index in [1.54, 1.807) is 6.26 Å². The van der Waals surface area contributed by atoms with Gasteiger partial charge in [-0.05, 0) is 62.2 Å². The Labute approximate surface area is 180 Å². The van der Waals surface area contributed by atoms with E-state index >= 15 is 0 Å². The third kappa shape index (κ3) is 4.16. The van der Waals surface area contributed by atoms with Crippen LogP contribution in [0.5, 0.6) is 0 Å². The van der Waals surface area contributed by atoms with Crippen molar-refractivity contribution in [2.75, 3.05) is 10.2 Å². The molecule has 4 aromatic rings. The molecular formula is C24H24N6O. The number of nitrogens with one attached hydrogen (secondary N) is 3. The lowest BCUT2D eigenvalue weighted by atomic mass is 10.1. The Morgan fingerprint density at radius 1 is 1.03 bits per heavy atom. The highest BCUT2D eigenvalue weighted by Gasteiger charge is 2.12. The summed E-state index contributed by atoms with van der Waals surface area (Å²) in [5.74, 6) is 1.42. The number of nitrogens with zero attached hydrogens (tertiary/aromatic N) is 3. The van der Waals surface area contributed by atoms with Gasteiger partial charge >= 0.3 is 0 Å².